The highest BCUT2D eigenvalue weighted by Gasteiger charge is 2.32. The molecule has 1 saturated heterocycles. The number of hydrogen-bond acceptors (Lipinski definition) is 7. The van der Waals surface area contributed by atoms with Crippen LogP contribution in [0.3, 0.4) is 0 Å². The van der Waals surface area contributed by atoms with Crippen LogP contribution in [0.1, 0.15) is 42.6 Å². The van der Waals surface area contributed by atoms with Crippen LogP contribution >= 0.6 is 0 Å². The molecule has 10 nitrogen and oxygen atoms in total. The lowest BCUT2D eigenvalue weighted by molar-refractivity contribution is 0.0864. The van der Waals surface area contributed by atoms with Gasteiger partial charge in [-0.15, -0.1) is 0 Å². The second-order valence-corrected chi connectivity index (χ2v) is 8.07. The minimum atomic E-state index is -0.183. The number of likely N-dealkylation sites (tertiary alicyclic amines) is 1. The molecule has 3 aromatic heterocycles. The maximum absolute atomic E-state index is 12.9. The predicted molar refractivity (Wildman–Crippen MR) is 108 cm³/mol. The van der Waals surface area contributed by atoms with Gasteiger partial charge in [-0.3, -0.25) is 14.3 Å². The standard InChI is InChI=1S/C20H26N8O2/c1-30-16-6-8-26(10-16)15-4-2-14(3-5-15)24-20(29)17-11-28-18(22-12-23-28)19(25-17)27-9-7-21-13-27/h7,9,11-16H,2-6,8,10H2,1H3,(H,24,29)/t14?,15?,16-/m1/s1. The third-order valence-electron chi connectivity index (χ3n) is 6.28. The molecule has 1 saturated carbocycles. The molecule has 30 heavy (non-hydrogen) atoms. The van der Waals surface area contributed by atoms with Crippen molar-refractivity contribution in [2.45, 2.75) is 50.3 Å². The molecule has 4 heterocycles. The van der Waals surface area contributed by atoms with Gasteiger partial charge in [-0.1, -0.05) is 0 Å². The minimum absolute atomic E-state index is 0.166. The Bertz CT molecular complexity index is 1010. The number of amides is 1. The lowest BCUT2D eigenvalue weighted by Gasteiger charge is -2.34. The number of aromatic nitrogens is 6. The average Bonchev–Trinajstić information content (AvgIpc) is 3.55. The Morgan fingerprint density at radius 1 is 1.23 bits per heavy atom. The van der Waals surface area contributed by atoms with Gasteiger partial charge in [-0.05, 0) is 32.1 Å². The SMILES string of the molecule is CO[C@@H]1CCN(C2CCC(NC(=O)c3cn4ncnc4c(-n4ccnc4)n3)CC2)C1. The van der Waals surface area contributed by atoms with E-state index in [-0.39, 0.29) is 11.9 Å². The van der Waals surface area contributed by atoms with E-state index in [0.29, 0.717) is 29.3 Å². The second kappa shape index (κ2) is 8.11. The first-order chi connectivity index (χ1) is 14.7. The molecular weight excluding hydrogens is 384 g/mol. The largest absolute Gasteiger partial charge is 0.380 e. The molecule has 5 rings (SSSR count). The fourth-order valence-electron chi connectivity index (χ4n) is 4.60. The van der Waals surface area contributed by atoms with Crippen LogP contribution < -0.4 is 5.32 Å². The van der Waals surface area contributed by atoms with Gasteiger partial charge in [0.15, 0.2) is 11.5 Å². The van der Waals surface area contributed by atoms with Crippen LogP contribution in [-0.4, -0.2) is 78.3 Å². The zero-order chi connectivity index (χ0) is 20.5. The lowest BCUT2D eigenvalue weighted by atomic mass is 9.90. The van der Waals surface area contributed by atoms with E-state index in [9.17, 15) is 4.79 Å². The van der Waals surface area contributed by atoms with Crippen LogP contribution in [0.5, 0.6) is 0 Å². The number of fused-ring (bicyclic) bond motifs is 1. The molecule has 10 heteroatoms. The molecule has 1 aliphatic heterocycles. The Labute approximate surface area is 174 Å². The molecule has 1 aliphatic carbocycles. The quantitative estimate of drug-likeness (QED) is 0.671. The van der Waals surface area contributed by atoms with Gasteiger partial charge >= 0.3 is 0 Å². The van der Waals surface area contributed by atoms with Gasteiger partial charge in [-0.25, -0.2) is 19.5 Å². The van der Waals surface area contributed by atoms with Gasteiger partial charge in [0.1, 0.15) is 18.3 Å². The Kier molecular flexibility index (Phi) is 5.17. The van der Waals surface area contributed by atoms with Crippen molar-refractivity contribution in [3.8, 4) is 5.82 Å². The second-order valence-electron chi connectivity index (χ2n) is 8.07. The van der Waals surface area contributed by atoms with E-state index in [2.05, 4.69) is 30.3 Å². The topological polar surface area (TPSA) is 102 Å². The maximum Gasteiger partial charge on any atom is 0.271 e. The average molecular weight is 410 g/mol. The predicted octanol–water partition coefficient (Wildman–Crippen LogP) is 1.07. The molecule has 0 radical (unpaired) electrons. The summed E-state index contributed by atoms with van der Waals surface area (Å²) in [6.07, 6.45) is 13.8. The Morgan fingerprint density at radius 3 is 2.83 bits per heavy atom. The van der Waals surface area contributed by atoms with E-state index in [0.717, 1.165) is 45.2 Å². The summed E-state index contributed by atoms with van der Waals surface area (Å²) in [4.78, 5) is 28.3. The van der Waals surface area contributed by atoms with E-state index >= 15 is 0 Å². The molecule has 0 bridgehead atoms. The molecule has 1 N–H and O–H groups in total. The maximum atomic E-state index is 12.9. The summed E-state index contributed by atoms with van der Waals surface area (Å²) in [7, 11) is 1.80. The summed E-state index contributed by atoms with van der Waals surface area (Å²) in [5.41, 5.74) is 0.895. The molecular formula is C20H26N8O2. The van der Waals surface area contributed by atoms with Crippen molar-refractivity contribution in [3.63, 3.8) is 0 Å². The smallest absolute Gasteiger partial charge is 0.271 e. The van der Waals surface area contributed by atoms with Crippen LogP contribution in [0.4, 0.5) is 0 Å². The monoisotopic (exact) mass is 410 g/mol. The molecule has 0 aromatic carbocycles. The van der Waals surface area contributed by atoms with E-state index in [1.807, 2.05) is 0 Å². The highest BCUT2D eigenvalue weighted by Crippen LogP contribution is 2.27. The Hall–Kier alpha value is -2.85. The summed E-state index contributed by atoms with van der Waals surface area (Å²) in [6, 6.07) is 0.760. The number of ether oxygens (including phenoxy) is 1. The molecule has 0 spiro atoms. The summed E-state index contributed by atoms with van der Waals surface area (Å²) in [5.74, 6) is 0.348. The van der Waals surface area contributed by atoms with Gasteiger partial charge in [0.25, 0.3) is 5.91 Å². The number of imidazole rings is 1. The molecule has 158 valence electrons. The number of nitrogens with one attached hydrogen (secondary N) is 1. The fourth-order valence-corrected chi connectivity index (χ4v) is 4.60. The van der Waals surface area contributed by atoms with Crippen molar-refractivity contribution in [1.82, 2.24) is 39.3 Å². The lowest BCUT2D eigenvalue weighted by Crippen LogP contribution is -2.43. The van der Waals surface area contributed by atoms with Crippen molar-refractivity contribution in [2.75, 3.05) is 20.2 Å². The Balaban J connectivity index is 1.25. The van der Waals surface area contributed by atoms with Crippen LogP contribution in [-0.2, 0) is 4.74 Å². The van der Waals surface area contributed by atoms with E-state index in [1.54, 1.807) is 41.1 Å². The van der Waals surface area contributed by atoms with Gasteiger partial charge in [0.2, 0.25) is 0 Å². The van der Waals surface area contributed by atoms with E-state index < -0.39 is 0 Å². The summed E-state index contributed by atoms with van der Waals surface area (Å²) < 4.78 is 8.80. The van der Waals surface area contributed by atoms with Crippen LogP contribution in [0, 0.1) is 0 Å². The van der Waals surface area contributed by atoms with Crippen LogP contribution in [0.2, 0.25) is 0 Å². The minimum Gasteiger partial charge on any atom is -0.380 e. The summed E-state index contributed by atoms with van der Waals surface area (Å²) in [6.45, 7) is 2.14. The number of rotatable bonds is 5. The molecule has 0 unspecified atom stereocenters. The van der Waals surface area contributed by atoms with E-state index in [1.165, 1.54) is 6.33 Å². The molecule has 2 aliphatic rings. The van der Waals surface area contributed by atoms with Crippen molar-refractivity contribution >= 4 is 11.6 Å². The third-order valence-corrected chi connectivity index (χ3v) is 6.28. The van der Waals surface area contributed by atoms with Crippen LogP contribution in [0.15, 0.2) is 31.2 Å². The highest BCUT2D eigenvalue weighted by atomic mass is 16.5. The third kappa shape index (κ3) is 3.68. The Morgan fingerprint density at radius 2 is 2.10 bits per heavy atom. The van der Waals surface area contributed by atoms with E-state index in [4.69, 9.17) is 4.74 Å². The highest BCUT2D eigenvalue weighted by molar-refractivity contribution is 5.92. The van der Waals surface area contributed by atoms with Gasteiger partial charge in [0.05, 0.1) is 12.3 Å². The number of carbonyl (C=O) groups excluding carboxylic acids is 1. The number of carbonyl (C=O) groups is 1. The first-order valence-electron chi connectivity index (χ1n) is 10.5. The summed E-state index contributed by atoms with van der Waals surface area (Å²) in [5, 5.41) is 7.35. The molecule has 2 fully saturated rings. The zero-order valence-corrected chi connectivity index (χ0v) is 17.0. The molecule has 1 amide bonds. The molecule has 1 atom stereocenters. The number of nitrogens with zero attached hydrogens (tertiary/aromatic N) is 7. The van der Waals surface area contributed by atoms with Crippen molar-refractivity contribution in [1.29, 1.82) is 0 Å². The number of hydrogen-bond donors (Lipinski definition) is 1. The zero-order valence-electron chi connectivity index (χ0n) is 17.0. The normalized spacial score (nSPS) is 25.0. The van der Waals surface area contributed by atoms with Crippen LogP contribution in [0.25, 0.3) is 11.5 Å². The van der Waals surface area contributed by atoms with Crippen molar-refractivity contribution in [3.05, 3.63) is 36.9 Å². The van der Waals surface area contributed by atoms with Crippen molar-refractivity contribution < 1.29 is 9.53 Å². The number of methoxy groups -OCH3 is 1. The van der Waals surface area contributed by atoms with Gasteiger partial charge in [0, 0.05) is 44.7 Å². The fraction of sp³-hybridized carbons (Fsp3) is 0.550. The van der Waals surface area contributed by atoms with Gasteiger partial charge < -0.3 is 10.1 Å². The van der Waals surface area contributed by atoms with Crippen molar-refractivity contribution in [2.24, 2.45) is 0 Å². The first-order valence-corrected chi connectivity index (χ1v) is 10.5. The van der Waals surface area contributed by atoms with Gasteiger partial charge in [-0.2, -0.15) is 5.10 Å². The molecule has 3 aromatic rings. The first kappa shape index (κ1) is 19.1. The summed E-state index contributed by atoms with van der Waals surface area (Å²) >= 11 is 0.